The molecule has 2 aromatic heterocycles. The van der Waals surface area contributed by atoms with Crippen molar-refractivity contribution in [2.45, 2.75) is 46.5 Å². The lowest BCUT2D eigenvalue weighted by Crippen LogP contribution is -2.49. The predicted octanol–water partition coefficient (Wildman–Crippen LogP) is 2.85. The van der Waals surface area contributed by atoms with Gasteiger partial charge in [-0.2, -0.15) is 4.31 Å². The molecule has 1 fully saturated rings. The molecule has 8 heteroatoms. The number of anilines is 1. The summed E-state index contributed by atoms with van der Waals surface area (Å²) in [5.41, 5.74) is 1.44. The third-order valence-electron chi connectivity index (χ3n) is 5.79. The molecule has 0 bridgehead atoms. The average Bonchev–Trinajstić information content (AvgIpc) is 3.04. The number of aryl methyl sites for hydroxylation is 2. The number of aromatic nitrogens is 2. The van der Waals surface area contributed by atoms with Gasteiger partial charge in [-0.05, 0) is 37.7 Å². The first-order chi connectivity index (χ1) is 12.9. The van der Waals surface area contributed by atoms with Gasteiger partial charge in [-0.15, -0.1) is 11.3 Å². The molecule has 6 nitrogen and oxygen atoms in total. The number of nitrogens with zero attached hydrogens (tertiary/aromatic N) is 4. The molecule has 0 aromatic carbocycles. The molecule has 2 aliphatic rings. The zero-order valence-corrected chi connectivity index (χ0v) is 18.0. The van der Waals surface area contributed by atoms with Crippen LogP contribution in [0.5, 0.6) is 0 Å². The van der Waals surface area contributed by atoms with Crippen LogP contribution in [0.2, 0.25) is 0 Å². The average molecular weight is 409 g/mol. The zero-order valence-electron chi connectivity index (χ0n) is 16.4. The molecule has 0 spiro atoms. The summed E-state index contributed by atoms with van der Waals surface area (Å²) in [6.45, 7) is 8.57. The van der Waals surface area contributed by atoms with Gasteiger partial charge in [0.2, 0.25) is 10.0 Å². The quantitative estimate of drug-likeness (QED) is 0.778. The van der Waals surface area contributed by atoms with E-state index in [9.17, 15) is 8.42 Å². The highest BCUT2D eigenvalue weighted by Crippen LogP contribution is 2.41. The maximum Gasteiger partial charge on any atom is 0.213 e. The second kappa shape index (κ2) is 7.29. The Hall–Kier alpha value is -1.25. The molecule has 1 saturated heterocycles. The van der Waals surface area contributed by atoms with Crippen LogP contribution < -0.4 is 4.90 Å². The van der Waals surface area contributed by atoms with Crippen molar-refractivity contribution < 1.29 is 8.42 Å². The summed E-state index contributed by atoms with van der Waals surface area (Å²) >= 11 is 1.84. The monoisotopic (exact) mass is 408 g/mol. The first-order valence-electron chi connectivity index (χ1n) is 9.96. The minimum absolute atomic E-state index is 0.168. The maximum atomic E-state index is 12.2. The van der Waals surface area contributed by atoms with Gasteiger partial charge in [-0.1, -0.05) is 13.8 Å². The molecular formula is C19H28N4O2S2. The van der Waals surface area contributed by atoms with Crippen LogP contribution in [0.4, 0.5) is 5.82 Å². The van der Waals surface area contributed by atoms with Crippen LogP contribution in [0.3, 0.4) is 0 Å². The molecule has 0 amide bonds. The molecule has 1 aliphatic carbocycles. The number of hydrogen-bond acceptors (Lipinski definition) is 6. The van der Waals surface area contributed by atoms with Gasteiger partial charge in [-0.3, -0.25) is 0 Å². The van der Waals surface area contributed by atoms with Crippen LogP contribution in [0, 0.1) is 5.92 Å². The molecule has 4 rings (SSSR count). The Morgan fingerprint density at radius 2 is 1.89 bits per heavy atom. The fraction of sp³-hybridized carbons (Fsp3) is 0.684. The van der Waals surface area contributed by atoms with E-state index in [-0.39, 0.29) is 5.75 Å². The van der Waals surface area contributed by atoms with Crippen molar-refractivity contribution in [3.05, 3.63) is 16.3 Å². The smallest absolute Gasteiger partial charge is 0.213 e. The van der Waals surface area contributed by atoms with Crippen LogP contribution in [0.25, 0.3) is 10.2 Å². The van der Waals surface area contributed by atoms with Crippen LogP contribution in [0.15, 0.2) is 0 Å². The van der Waals surface area contributed by atoms with Gasteiger partial charge in [0.1, 0.15) is 16.5 Å². The standard InChI is InChI=1S/C19H28N4O2S2/c1-4-16-20-18(22-8-10-23(11-9-22)27(24,25)5-2)17-14-7-6-13(3)12-15(14)26-19(17)21-16/h13H,4-12H2,1-3H3/t13-/m1/s1. The largest absolute Gasteiger partial charge is 0.353 e. The van der Waals surface area contributed by atoms with Gasteiger partial charge >= 0.3 is 0 Å². The van der Waals surface area contributed by atoms with Crippen molar-refractivity contribution in [2.24, 2.45) is 5.92 Å². The molecule has 2 aromatic rings. The van der Waals surface area contributed by atoms with Crippen molar-refractivity contribution in [1.29, 1.82) is 0 Å². The summed E-state index contributed by atoms with van der Waals surface area (Å²) in [5, 5.41) is 1.23. The topological polar surface area (TPSA) is 66.4 Å². The number of sulfonamides is 1. The first-order valence-corrected chi connectivity index (χ1v) is 12.4. The van der Waals surface area contributed by atoms with E-state index in [1.54, 1.807) is 11.2 Å². The third kappa shape index (κ3) is 3.47. The second-order valence-electron chi connectivity index (χ2n) is 7.64. The van der Waals surface area contributed by atoms with Gasteiger partial charge in [0.15, 0.2) is 0 Å². The summed E-state index contributed by atoms with van der Waals surface area (Å²) < 4.78 is 26.0. The fourth-order valence-corrected chi connectivity index (χ4v) is 6.59. The van der Waals surface area contributed by atoms with E-state index in [4.69, 9.17) is 9.97 Å². The number of fused-ring (bicyclic) bond motifs is 3. The molecule has 0 radical (unpaired) electrons. The highest BCUT2D eigenvalue weighted by molar-refractivity contribution is 7.89. The molecule has 3 heterocycles. The number of rotatable bonds is 4. The second-order valence-corrected chi connectivity index (χ2v) is 11.0. The third-order valence-corrected chi connectivity index (χ3v) is 8.82. The molecular weight excluding hydrogens is 380 g/mol. The highest BCUT2D eigenvalue weighted by atomic mass is 32.2. The zero-order chi connectivity index (χ0) is 19.2. The van der Waals surface area contributed by atoms with E-state index in [0.717, 1.165) is 41.7 Å². The van der Waals surface area contributed by atoms with Crippen molar-refractivity contribution in [2.75, 3.05) is 36.8 Å². The SMILES string of the molecule is CCc1nc(N2CCN(S(=O)(=O)CC)CC2)c2c3c(sc2n1)C[C@H](C)CC3. The number of thiophene rings is 1. The minimum Gasteiger partial charge on any atom is -0.353 e. The molecule has 148 valence electrons. The Kier molecular flexibility index (Phi) is 5.16. The molecule has 0 unspecified atom stereocenters. The van der Waals surface area contributed by atoms with Gasteiger partial charge in [0.25, 0.3) is 0 Å². The summed E-state index contributed by atoms with van der Waals surface area (Å²) in [6, 6.07) is 0. The molecule has 1 aliphatic heterocycles. The van der Waals surface area contributed by atoms with Crippen molar-refractivity contribution in [1.82, 2.24) is 14.3 Å². The van der Waals surface area contributed by atoms with E-state index in [1.807, 2.05) is 11.3 Å². The Morgan fingerprint density at radius 1 is 1.15 bits per heavy atom. The summed E-state index contributed by atoms with van der Waals surface area (Å²) in [7, 11) is -3.12. The van der Waals surface area contributed by atoms with Crippen LogP contribution in [0.1, 0.15) is 43.5 Å². The van der Waals surface area contributed by atoms with Crippen LogP contribution >= 0.6 is 11.3 Å². The van der Waals surface area contributed by atoms with E-state index < -0.39 is 10.0 Å². The minimum atomic E-state index is -3.12. The Morgan fingerprint density at radius 3 is 2.56 bits per heavy atom. The fourth-order valence-electron chi connectivity index (χ4n) is 4.11. The Balaban J connectivity index is 1.71. The van der Waals surface area contributed by atoms with E-state index in [0.29, 0.717) is 26.2 Å². The first kappa shape index (κ1) is 19.1. The molecule has 27 heavy (non-hydrogen) atoms. The van der Waals surface area contributed by atoms with E-state index >= 15 is 0 Å². The molecule has 1 atom stereocenters. The van der Waals surface area contributed by atoms with E-state index in [1.165, 1.54) is 22.2 Å². The number of hydrogen-bond donors (Lipinski definition) is 0. The summed E-state index contributed by atoms with van der Waals surface area (Å²) in [6.07, 6.45) is 4.27. The number of piperazine rings is 1. The van der Waals surface area contributed by atoms with Gasteiger partial charge < -0.3 is 4.90 Å². The lowest BCUT2D eigenvalue weighted by atomic mass is 9.89. The normalized spacial score (nSPS) is 21.6. The van der Waals surface area contributed by atoms with Gasteiger partial charge in [0.05, 0.1) is 11.1 Å². The van der Waals surface area contributed by atoms with Gasteiger partial charge in [-0.25, -0.2) is 18.4 Å². The lowest BCUT2D eigenvalue weighted by molar-refractivity contribution is 0.384. The maximum absolute atomic E-state index is 12.2. The molecule has 0 N–H and O–H groups in total. The van der Waals surface area contributed by atoms with Crippen LogP contribution in [-0.2, 0) is 29.3 Å². The highest BCUT2D eigenvalue weighted by Gasteiger charge is 2.30. The van der Waals surface area contributed by atoms with Crippen molar-refractivity contribution in [3.8, 4) is 0 Å². The molecule has 0 saturated carbocycles. The van der Waals surface area contributed by atoms with Gasteiger partial charge in [0, 0.05) is 37.5 Å². The van der Waals surface area contributed by atoms with Crippen molar-refractivity contribution >= 4 is 37.4 Å². The Labute approximate surface area is 165 Å². The Bertz CT molecular complexity index is 946. The van der Waals surface area contributed by atoms with Crippen molar-refractivity contribution in [3.63, 3.8) is 0 Å². The summed E-state index contributed by atoms with van der Waals surface area (Å²) in [4.78, 5) is 14.6. The predicted molar refractivity (Wildman–Crippen MR) is 111 cm³/mol. The van der Waals surface area contributed by atoms with E-state index in [2.05, 4.69) is 18.7 Å². The lowest BCUT2D eigenvalue weighted by Gasteiger charge is -2.35. The summed E-state index contributed by atoms with van der Waals surface area (Å²) in [5.74, 6) is 2.81. The van der Waals surface area contributed by atoms with Crippen LogP contribution in [-0.4, -0.2) is 54.6 Å².